The van der Waals surface area contributed by atoms with E-state index in [1.165, 1.54) is 0 Å². The summed E-state index contributed by atoms with van der Waals surface area (Å²) in [6, 6.07) is 0. The third-order valence-corrected chi connectivity index (χ3v) is 3.10. The molecule has 0 saturated carbocycles. The summed E-state index contributed by atoms with van der Waals surface area (Å²) >= 11 is 8.69. The lowest BCUT2D eigenvalue weighted by molar-refractivity contribution is 0.319. The van der Waals surface area contributed by atoms with Gasteiger partial charge in [0.25, 0.3) is 0 Å². The number of ether oxygens (including phenoxy) is 1. The average molecular weight is 248 g/mol. The molecule has 0 radical (unpaired) electrons. The predicted octanol–water partition coefficient (Wildman–Crippen LogP) is 3.93. The molecular weight excluding hydrogens is 236 g/mol. The van der Waals surface area contributed by atoms with Gasteiger partial charge in [0, 0.05) is 21.5 Å². The highest BCUT2D eigenvalue weighted by Crippen LogP contribution is 2.39. The molecule has 0 saturated heterocycles. The number of fused-ring (bicyclic) bond motifs is 1. The van der Waals surface area contributed by atoms with Gasteiger partial charge in [0.1, 0.15) is 11.5 Å². The van der Waals surface area contributed by atoms with Gasteiger partial charge in [0.15, 0.2) is 0 Å². The van der Waals surface area contributed by atoms with Gasteiger partial charge in [-0.1, -0.05) is 30.9 Å². The smallest absolute Gasteiger partial charge is 0.141 e. The second kappa shape index (κ2) is 4.85. The fourth-order valence-corrected chi connectivity index (χ4v) is 2.22. The molecule has 2 rings (SSSR count). The Morgan fingerprint density at radius 3 is 2.94 bits per heavy atom. The van der Waals surface area contributed by atoms with Crippen molar-refractivity contribution in [3.8, 4) is 0 Å². The van der Waals surface area contributed by atoms with Crippen LogP contribution >= 0.6 is 25.3 Å². The molecule has 2 aliphatic rings. The summed E-state index contributed by atoms with van der Waals surface area (Å²) in [6.07, 6.45) is 10.6. The molecule has 3 heteroatoms. The van der Waals surface area contributed by atoms with Crippen molar-refractivity contribution in [2.45, 2.75) is 6.42 Å². The molecule has 82 valence electrons. The van der Waals surface area contributed by atoms with Crippen molar-refractivity contribution in [3.63, 3.8) is 0 Å². The largest absolute Gasteiger partial charge is 0.456 e. The van der Waals surface area contributed by atoms with Gasteiger partial charge in [-0.3, -0.25) is 0 Å². The molecule has 1 aliphatic heterocycles. The van der Waals surface area contributed by atoms with Gasteiger partial charge >= 0.3 is 0 Å². The summed E-state index contributed by atoms with van der Waals surface area (Å²) in [5, 5.41) is 1.64. The van der Waals surface area contributed by atoms with Gasteiger partial charge in [-0.05, 0) is 12.5 Å². The molecule has 0 fully saturated rings. The molecule has 0 atom stereocenters. The standard InChI is InChI=1S/C13H12OS2/c1-2-5-9-12(8-15)14-11-7-4-3-6-10(11)13(9)16/h2-3,5-8,15-16H,1,4H2/b9-5+,12-8+. The van der Waals surface area contributed by atoms with Crippen LogP contribution in [0.2, 0.25) is 0 Å². The first-order valence-corrected chi connectivity index (χ1v) is 5.90. The third-order valence-electron chi connectivity index (χ3n) is 2.39. The lowest BCUT2D eigenvalue weighted by Crippen LogP contribution is -2.09. The molecule has 0 aromatic rings. The van der Waals surface area contributed by atoms with E-state index < -0.39 is 0 Å². The normalized spacial score (nSPS) is 24.2. The van der Waals surface area contributed by atoms with Crippen LogP contribution in [0.15, 0.2) is 69.9 Å². The summed E-state index contributed by atoms with van der Waals surface area (Å²) in [5.74, 6) is 1.56. The van der Waals surface area contributed by atoms with E-state index in [9.17, 15) is 0 Å². The van der Waals surface area contributed by atoms with Crippen LogP contribution < -0.4 is 0 Å². The molecule has 1 nitrogen and oxygen atoms in total. The molecule has 0 unspecified atom stereocenters. The molecule has 0 aromatic heterocycles. The maximum Gasteiger partial charge on any atom is 0.141 e. The van der Waals surface area contributed by atoms with Crippen LogP contribution in [-0.4, -0.2) is 0 Å². The Morgan fingerprint density at radius 2 is 2.25 bits per heavy atom. The lowest BCUT2D eigenvalue weighted by Gasteiger charge is -2.25. The zero-order valence-electron chi connectivity index (χ0n) is 8.68. The van der Waals surface area contributed by atoms with E-state index in [2.05, 4.69) is 37.9 Å². The Balaban J connectivity index is 2.59. The third kappa shape index (κ3) is 1.93. The van der Waals surface area contributed by atoms with E-state index in [1.807, 2.05) is 18.2 Å². The Bertz CT molecular complexity index is 476. The number of hydrogen-bond acceptors (Lipinski definition) is 3. The number of rotatable bonds is 1. The number of allylic oxidation sites excluding steroid dienone is 6. The monoisotopic (exact) mass is 248 g/mol. The van der Waals surface area contributed by atoms with Crippen molar-refractivity contribution < 1.29 is 4.74 Å². The van der Waals surface area contributed by atoms with Crippen LogP contribution in [0.1, 0.15) is 6.42 Å². The van der Waals surface area contributed by atoms with Gasteiger partial charge in [-0.2, -0.15) is 0 Å². The Morgan fingerprint density at radius 1 is 1.44 bits per heavy atom. The fraction of sp³-hybridized carbons (Fsp3) is 0.0769. The van der Waals surface area contributed by atoms with Crippen molar-refractivity contribution in [1.29, 1.82) is 0 Å². The molecule has 0 spiro atoms. The van der Waals surface area contributed by atoms with Crippen LogP contribution in [0.3, 0.4) is 0 Å². The highest BCUT2D eigenvalue weighted by Gasteiger charge is 2.23. The zero-order valence-corrected chi connectivity index (χ0v) is 10.5. The van der Waals surface area contributed by atoms with Crippen molar-refractivity contribution in [1.82, 2.24) is 0 Å². The van der Waals surface area contributed by atoms with Crippen molar-refractivity contribution in [2.24, 2.45) is 0 Å². The van der Waals surface area contributed by atoms with Crippen LogP contribution in [-0.2, 0) is 4.74 Å². The highest BCUT2D eigenvalue weighted by molar-refractivity contribution is 7.85. The van der Waals surface area contributed by atoms with Crippen molar-refractivity contribution >= 4 is 25.3 Å². The van der Waals surface area contributed by atoms with E-state index in [4.69, 9.17) is 4.74 Å². The summed E-state index contributed by atoms with van der Waals surface area (Å²) in [5.41, 5.74) is 1.92. The van der Waals surface area contributed by atoms with Crippen molar-refractivity contribution in [2.75, 3.05) is 0 Å². The lowest BCUT2D eigenvalue weighted by atomic mass is 10.00. The highest BCUT2D eigenvalue weighted by atomic mass is 32.1. The fourth-order valence-electron chi connectivity index (χ4n) is 1.66. The second-order valence-corrected chi connectivity index (χ2v) is 4.09. The van der Waals surface area contributed by atoms with Gasteiger partial charge < -0.3 is 4.74 Å². The van der Waals surface area contributed by atoms with Gasteiger partial charge in [-0.25, -0.2) is 0 Å². The number of thiol groups is 2. The maximum absolute atomic E-state index is 5.75. The molecule has 0 N–H and O–H groups in total. The molecule has 1 aliphatic carbocycles. The molecule has 16 heavy (non-hydrogen) atoms. The molecule has 0 aromatic carbocycles. The molecular formula is C13H12OS2. The topological polar surface area (TPSA) is 9.23 Å². The zero-order chi connectivity index (χ0) is 11.5. The van der Waals surface area contributed by atoms with Crippen LogP contribution in [0.25, 0.3) is 0 Å². The minimum Gasteiger partial charge on any atom is -0.456 e. The van der Waals surface area contributed by atoms with Crippen LogP contribution in [0.5, 0.6) is 0 Å². The van der Waals surface area contributed by atoms with E-state index in [-0.39, 0.29) is 0 Å². The first-order valence-electron chi connectivity index (χ1n) is 4.94. The Kier molecular flexibility index (Phi) is 3.46. The molecule has 0 amide bonds. The Labute approximate surface area is 106 Å². The van der Waals surface area contributed by atoms with E-state index in [1.54, 1.807) is 11.5 Å². The Hall–Kier alpha value is -1.06. The van der Waals surface area contributed by atoms with Gasteiger partial charge in [0.2, 0.25) is 0 Å². The van der Waals surface area contributed by atoms with Gasteiger partial charge in [0.05, 0.1) is 0 Å². The number of hydrogen-bond donors (Lipinski definition) is 2. The minimum atomic E-state index is 0.707. The van der Waals surface area contributed by atoms with E-state index in [0.717, 1.165) is 28.2 Å². The second-order valence-electron chi connectivity index (χ2n) is 3.38. The summed E-state index contributed by atoms with van der Waals surface area (Å²) < 4.78 is 5.75. The first kappa shape index (κ1) is 11.4. The maximum atomic E-state index is 5.75. The SMILES string of the molecule is C=C/C=C1/C(S)=C2C=CCC=C2O/C1=C/S. The summed E-state index contributed by atoms with van der Waals surface area (Å²) in [4.78, 5) is 0.897. The average Bonchev–Trinajstić information content (AvgIpc) is 2.33. The molecule has 1 heterocycles. The quantitative estimate of drug-likeness (QED) is 0.669. The summed E-state index contributed by atoms with van der Waals surface area (Å²) in [6.45, 7) is 3.69. The van der Waals surface area contributed by atoms with Crippen molar-refractivity contribution in [3.05, 3.63) is 69.9 Å². The van der Waals surface area contributed by atoms with E-state index >= 15 is 0 Å². The van der Waals surface area contributed by atoms with Crippen LogP contribution in [0.4, 0.5) is 0 Å². The minimum absolute atomic E-state index is 0.707. The van der Waals surface area contributed by atoms with Crippen LogP contribution in [0, 0.1) is 0 Å². The predicted molar refractivity (Wildman–Crippen MR) is 74.3 cm³/mol. The summed E-state index contributed by atoms with van der Waals surface area (Å²) in [7, 11) is 0. The first-order chi connectivity index (χ1) is 7.77. The van der Waals surface area contributed by atoms with Gasteiger partial charge in [-0.15, -0.1) is 25.3 Å². The molecule has 0 bridgehead atoms. The van der Waals surface area contributed by atoms with E-state index in [0.29, 0.717) is 5.76 Å².